The van der Waals surface area contributed by atoms with E-state index in [0.29, 0.717) is 0 Å². The maximum absolute atomic E-state index is 5.62. The number of unbranched alkanes of at least 4 members (excludes halogenated alkanes) is 1. The summed E-state index contributed by atoms with van der Waals surface area (Å²) in [4.78, 5) is 0. The molecule has 1 aromatic carbocycles. The SMILES string of the molecule is CCCCc1cn(CCCN)c2ccc(OC)cc12. The normalized spacial score (nSPS) is 11.1. The molecule has 0 fully saturated rings. The molecule has 0 aliphatic heterocycles. The molecule has 3 nitrogen and oxygen atoms in total. The van der Waals surface area contributed by atoms with Gasteiger partial charge in [-0.15, -0.1) is 0 Å². The Morgan fingerprint density at radius 2 is 2.11 bits per heavy atom. The molecular formula is C16H24N2O. The molecule has 0 saturated carbocycles. The number of nitrogens with zero attached hydrogens (tertiary/aromatic N) is 1. The molecule has 0 unspecified atom stereocenters. The lowest BCUT2D eigenvalue weighted by atomic mass is 10.1. The average Bonchev–Trinajstić information content (AvgIpc) is 2.80. The summed E-state index contributed by atoms with van der Waals surface area (Å²) in [5, 5.41) is 1.32. The number of hydrogen-bond donors (Lipinski definition) is 1. The third-order valence-corrected chi connectivity index (χ3v) is 3.57. The van der Waals surface area contributed by atoms with Crippen LogP contribution in [0.15, 0.2) is 24.4 Å². The van der Waals surface area contributed by atoms with Crippen molar-refractivity contribution in [3.05, 3.63) is 30.0 Å². The lowest BCUT2D eigenvalue weighted by molar-refractivity contribution is 0.415. The number of aryl methyl sites for hydroxylation is 2. The number of benzene rings is 1. The largest absolute Gasteiger partial charge is 0.497 e. The van der Waals surface area contributed by atoms with Crippen molar-refractivity contribution in [1.29, 1.82) is 0 Å². The Morgan fingerprint density at radius 3 is 2.79 bits per heavy atom. The van der Waals surface area contributed by atoms with E-state index in [2.05, 4.69) is 29.8 Å². The molecule has 1 heterocycles. The number of aromatic nitrogens is 1. The molecule has 104 valence electrons. The molecule has 0 aliphatic rings. The van der Waals surface area contributed by atoms with Gasteiger partial charge in [0, 0.05) is 23.6 Å². The van der Waals surface area contributed by atoms with Crippen LogP contribution in [0.5, 0.6) is 5.75 Å². The van der Waals surface area contributed by atoms with E-state index in [1.54, 1.807) is 7.11 Å². The Morgan fingerprint density at radius 1 is 1.26 bits per heavy atom. The van der Waals surface area contributed by atoms with Gasteiger partial charge in [-0.25, -0.2) is 0 Å². The second-order valence-electron chi connectivity index (χ2n) is 4.98. The van der Waals surface area contributed by atoms with Crippen molar-refractivity contribution in [2.75, 3.05) is 13.7 Å². The Labute approximate surface area is 115 Å². The highest BCUT2D eigenvalue weighted by atomic mass is 16.5. The lowest BCUT2D eigenvalue weighted by Gasteiger charge is -2.04. The summed E-state index contributed by atoms with van der Waals surface area (Å²) < 4.78 is 7.67. The Hall–Kier alpha value is -1.48. The first-order chi connectivity index (χ1) is 9.30. The molecule has 2 N–H and O–H groups in total. The fraction of sp³-hybridized carbons (Fsp3) is 0.500. The van der Waals surface area contributed by atoms with E-state index in [4.69, 9.17) is 10.5 Å². The van der Waals surface area contributed by atoms with Gasteiger partial charge < -0.3 is 15.0 Å². The van der Waals surface area contributed by atoms with Crippen LogP contribution in [0.25, 0.3) is 10.9 Å². The van der Waals surface area contributed by atoms with E-state index in [1.165, 1.54) is 29.3 Å². The maximum Gasteiger partial charge on any atom is 0.119 e. The second-order valence-corrected chi connectivity index (χ2v) is 4.98. The van der Waals surface area contributed by atoms with Crippen LogP contribution in [0.1, 0.15) is 31.7 Å². The number of ether oxygens (including phenoxy) is 1. The third-order valence-electron chi connectivity index (χ3n) is 3.57. The van der Waals surface area contributed by atoms with E-state index >= 15 is 0 Å². The highest BCUT2D eigenvalue weighted by molar-refractivity contribution is 5.85. The van der Waals surface area contributed by atoms with Gasteiger partial charge in [0.1, 0.15) is 5.75 Å². The zero-order valence-electron chi connectivity index (χ0n) is 12.0. The Kier molecular flexibility index (Phi) is 4.86. The van der Waals surface area contributed by atoms with E-state index in [-0.39, 0.29) is 0 Å². The van der Waals surface area contributed by atoms with Crippen LogP contribution < -0.4 is 10.5 Å². The quantitative estimate of drug-likeness (QED) is 0.829. The predicted octanol–water partition coefficient (Wildman–Crippen LogP) is 3.34. The average molecular weight is 260 g/mol. The first-order valence-electron chi connectivity index (χ1n) is 7.16. The molecule has 2 rings (SSSR count). The van der Waals surface area contributed by atoms with Crippen molar-refractivity contribution < 1.29 is 4.74 Å². The Bertz CT molecular complexity index is 531. The first kappa shape index (κ1) is 13.9. The van der Waals surface area contributed by atoms with Gasteiger partial charge in [0.05, 0.1) is 7.11 Å². The number of methoxy groups -OCH3 is 1. The van der Waals surface area contributed by atoms with E-state index in [1.807, 2.05) is 6.07 Å². The highest BCUT2D eigenvalue weighted by Crippen LogP contribution is 2.27. The molecule has 0 aliphatic carbocycles. The summed E-state index contributed by atoms with van der Waals surface area (Å²) in [7, 11) is 1.72. The van der Waals surface area contributed by atoms with Gasteiger partial charge >= 0.3 is 0 Å². The molecule has 0 bridgehead atoms. The molecule has 19 heavy (non-hydrogen) atoms. The van der Waals surface area contributed by atoms with Crippen LogP contribution in [-0.2, 0) is 13.0 Å². The number of fused-ring (bicyclic) bond motifs is 1. The zero-order valence-corrected chi connectivity index (χ0v) is 12.0. The van der Waals surface area contributed by atoms with Gasteiger partial charge in [0.25, 0.3) is 0 Å². The van der Waals surface area contributed by atoms with Crippen molar-refractivity contribution in [1.82, 2.24) is 4.57 Å². The van der Waals surface area contributed by atoms with Gasteiger partial charge in [-0.2, -0.15) is 0 Å². The van der Waals surface area contributed by atoms with Crippen LogP contribution in [0, 0.1) is 0 Å². The van der Waals surface area contributed by atoms with Gasteiger partial charge in [-0.05, 0) is 49.6 Å². The number of rotatable bonds is 7. The summed E-state index contributed by atoms with van der Waals surface area (Å²) in [5.41, 5.74) is 8.34. The van der Waals surface area contributed by atoms with Gasteiger partial charge in [-0.3, -0.25) is 0 Å². The van der Waals surface area contributed by atoms with E-state index < -0.39 is 0 Å². The van der Waals surface area contributed by atoms with Crippen molar-refractivity contribution in [2.45, 2.75) is 39.2 Å². The Balaban J connectivity index is 2.40. The number of hydrogen-bond acceptors (Lipinski definition) is 2. The minimum absolute atomic E-state index is 0.736. The summed E-state index contributed by atoms with van der Waals surface area (Å²) in [5.74, 6) is 0.932. The smallest absolute Gasteiger partial charge is 0.119 e. The van der Waals surface area contributed by atoms with Crippen LogP contribution in [-0.4, -0.2) is 18.2 Å². The van der Waals surface area contributed by atoms with Crippen LogP contribution in [0.4, 0.5) is 0 Å². The molecule has 2 aromatic rings. The third kappa shape index (κ3) is 3.10. The fourth-order valence-corrected chi connectivity index (χ4v) is 2.49. The molecule has 3 heteroatoms. The highest BCUT2D eigenvalue weighted by Gasteiger charge is 2.09. The van der Waals surface area contributed by atoms with Gasteiger partial charge in [0.2, 0.25) is 0 Å². The monoisotopic (exact) mass is 260 g/mol. The van der Waals surface area contributed by atoms with Crippen LogP contribution in [0.2, 0.25) is 0 Å². The van der Waals surface area contributed by atoms with Crippen LogP contribution in [0.3, 0.4) is 0 Å². The summed E-state index contributed by atoms with van der Waals surface area (Å²) >= 11 is 0. The maximum atomic E-state index is 5.62. The minimum Gasteiger partial charge on any atom is -0.497 e. The molecule has 0 amide bonds. The summed E-state index contributed by atoms with van der Waals surface area (Å²) in [6.07, 6.45) is 6.89. The predicted molar refractivity (Wildman–Crippen MR) is 80.8 cm³/mol. The van der Waals surface area contributed by atoms with Gasteiger partial charge in [0.15, 0.2) is 0 Å². The van der Waals surface area contributed by atoms with Crippen molar-refractivity contribution in [2.24, 2.45) is 5.73 Å². The summed E-state index contributed by atoms with van der Waals surface area (Å²) in [6.45, 7) is 3.96. The molecular weight excluding hydrogens is 236 g/mol. The zero-order chi connectivity index (χ0) is 13.7. The first-order valence-corrected chi connectivity index (χ1v) is 7.16. The molecule has 0 atom stereocenters. The molecule has 0 spiro atoms. The second kappa shape index (κ2) is 6.62. The molecule has 0 saturated heterocycles. The summed E-state index contributed by atoms with van der Waals surface area (Å²) in [6, 6.07) is 6.34. The van der Waals surface area contributed by atoms with Crippen molar-refractivity contribution >= 4 is 10.9 Å². The minimum atomic E-state index is 0.736. The van der Waals surface area contributed by atoms with E-state index in [9.17, 15) is 0 Å². The van der Waals surface area contributed by atoms with Crippen molar-refractivity contribution in [3.63, 3.8) is 0 Å². The molecule has 0 radical (unpaired) electrons. The van der Waals surface area contributed by atoms with Crippen molar-refractivity contribution in [3.8, 4) is 5.75 Å². The topological polar surface area (TPSA) is 40.2 Å². The molecule has 1 aromatic heterocycles. The van der Waals surface area contributed by atoms with Gasteiger partial charge in [-0.1, -0.05) is 13.3 Å². The number of nitrogens with two attached hydrogens (primary N) is 1. The van der Waals surface area contributed by atoms with Crippen LogP contribution >= 0.6 is 0 Å². The fourth-order valence-electron chi connectivity index (χ4n) is 2.49. The standard InChI is InChI=1S/C16H24N2O/c1-3-4-6-13-12-18(10-5-9-17)16-8-7-14(19-2)11-15(13)16/h7-8,11-12H,3-6,9-10,17H2,1-2H3. The lowest BCUT2D eigenvalue weighted by Crippen LogP contribution is -2.04. The van der Waals surface area contributed by atoms with E-state index in [0.717, 1.165) is 31.7 Å².